The zero-order valence-electron chi connectivity index (χ0n) is 11.7. The molecule has 1 fully saturated rings. The number of rotatable bonds is 3. The Hall–Kier alpha value is -1.14. The first-order valence-electron chi connectivity index (χ1n) is 7.00. The summed E-state index contributed by atoms with van der Waals surface area (Å²) in [6.45, 7) is 3.04. The van der Waals surface area contributed by atoms with Crippen LogP contribution in [0.5, 0.6) is 0 Å². The molecule has 1 aromatic carbocycles. The van der Waals surface area contributed by atoms with Crippen LogP contribution in [0.25, 0.3) is 0 Å². The van der Waals surface area contributed by atoms with Crippen molar-refractivity contribution in [2.75, 3.05) is 18.8 Å². The van der Waals surface area contributed by atoms with Gasteiger partial charge in [0, 0.05) is 18.8 Å². The minimum Gasteiger partial charge on any atom is -0.399 e. The molecule has 1 saturated heterocycles. The molecule has 0 aliphatic carbocycles. The molecular weight excluding hydrogens is 279 g/mol. The normalized spacial score (nSPS) is 21.6. The Bertz CT molecular complexity index is 575. The highest BCUT2D eigenvalue weighted by atomic mass is 32.2. The monoisotopic (exact) mass is 300 g/mol. The van der Waals surface area contributed by atoms with Gasteiger partial charge in [-0.05, 0) is 43.4 Å². The molecule has 1 heterocycles. The van der Waals surface area contributed by atoms with E-state index >= 15 is 0 Å². The van der Waals surface area contributed by atoms with Gasteiger partial charge in [-0.2, -0.15) is 4.31 Å². The number of nitrogens with two attached hydrogens (primary N) is 1. The number of halogens is 1. The van der Waals surface area contributed by atoms with Gasteiger partial charge in [-0.15, -0.1) is 0 Å². The molecule has 0 bridgehead atoms. The molecule has 1 atom stereocenters. The predicted octanol–water partition coefficient (Wildman–Crippen LogP) is 2.61. The highest BCUT2D eigenvalue weighted by molar-refractivity contribution is 7.89. The summed E-state index contributed by atoms with van der Waals surface area (Å²) in [5.74, 6) is -0.215. The van der Waals surface area contributed by atoms with E-state index < -0.39 is 15.8 Å². The van der Waals surface area contributed by atoms with Gasteiger partial charge < -0.3 is 5.73 Å². The molecule has 0 saturated carbocycles. The molecule has 6 heteroatoms. The quantitative estimate of drug-likeness (QED) is 0.873. The molecule has 4 nitrogen and oxygen atoms in total. The highest BCUT2D eigenvalue weighted by Gasteiger charge is 2.29. The van der Waals surface area contributed by atoms with Gasteiger partial charge in [0.2, 0.25) is 10.0 Å². The summed E-state index contributed by atoms with van der Waals surface area (Å²) in [7, 11) is -3.76. The summed E-state index contributed by atoms with van der Waals surface area (Å²) in [5, 5.41) is 0. The van der Waals surface area contributed by atoms with Gasteiger partial charge in [-0.25, -0.2) is 12.8 Å². The molecule has 0 radical (unpaired) electrons. The van der Waals surface area contributed by atoms with E-state index in [0.717, 1.165) is 31.7 Å². The Balaban J connectivity index is 2.25. The maximum absolute atomic E-state index is 13.9. The van der Waals surface area contributed by atoms with E-state index in [1.54, 1.807) is 0 Å². The summed E-state index contributed by atoms with van der Waals surface area (Å²) in [6.07, 6.45) is 3.76. The highest BCUT2D eigenvalue weighted by Crippen LogP contribution is 2.26. The minimum atomic E-state index is -3.76. The first kappa shape index (κ1) is 15.3. The van der Waals surface area contributed by atoms with Crippen molar-refractivity contribution < 1.29 is 12.8 Å². The average Bonchev–Trinajstić information content (AvgIpc) is 2.63. The van der Waals surface area contributed by atoms with Crippen molar-refractivity contribution >= 4 is 15.7 Å². The second-order valence-corrected chi connectivity index (χ2v) is 7.21. The topological polar surface area (TPSA) is 63.4 Å². The van der Waals surface area contributed by atoms with Crippen molar-refractivity contribution in [2.24, 2.45) is 5.92 Å². The molecule has 1 aliphatic rings. The first-order valence-corrected chi connectivity index (χ1v) is 8.44. The minimum absolute atomic E-state index is 0.225. The van der Waals surface area contributed by atoms with Crippen molar-refractivity contribution in [1.29, 1.82) is 0 Å². The van der Waals surface area contributed by atoms with E-state index in [9.17, 15) is 12.8 Å². The Morgan fingerprint density at radius 2 is 2.10 bits per heavy atom. The fourth-order valence-corrected chi connectivity index (χ4v) is 4.19. The fourth-order valence-electron chi connectivity index (χ4n) is 2.65. The van der Waals surface area contributed by atoms with Crippen LogP contribution in [0.1, 0.15) is 32.6 Å². The second kappa shape index (κ2) is 6.10. The lowest BCUT2D eigenvalue weighted by Crippen LogP contribution is -2.32. The van der Waals surface area contributed by atoms with Crippen LogP contribution in [0.4, 0.5) is 10.1 Å². The van der Waals surface area contributed by atoms with Crippen LogP contribution in [0.15, 0.2) is 23.1 Å². The number of hydrogen-bond acceptors (Lipinski definition) is 3. The Kier molecular flexibility index (Phi) is 4.65. The van der Waals surface area contributed by atoms with E-state index in [2.05, 4.69) is 6.92 Å². The molecular formula is C14H21FN2O2S. The lowest BCUT2D eigenvalue weighted by Gasteiger charge is -2.20. The van der Waals surface area contributed by atoms with Crippen LogP contribution in [0.2, 0.25) is 0 Å². The Labute approximate surface area is 119 Å². The molecule has 1 unspecified atom stereocenters. The van der Waals surface area contributed by atoms with Gasteiger partial charge in [-0.3, -0.25) is 0 Å². The third-order valence-corrected chi connectivity index (χ3v) is 5.89. The number of sulfonamides is 1. The van der Waals surface area contributed by atoms with Crippen molar-refractivity contribution in [1.82, 2.24) is 4.31 Å². The second-order valence-electron chi connectivity index (χ2n) is 5.30. The van der Waals surface area contributed by atoms with Gasteiger partial charge in [-0.1, -0.05) is 13.3 Å². The zero-order chi connectivity index (χ0) is 14.8. The maximum Gasteiger partial charge on any atom is 0.245 e. The summed E-state index contributed by atoms with van der Waals surface area (Å²) in [6, 6.07) is 3.73. The average molecular weight is 300 g/mol. The van der Waals surface area contributed by atoms with Crippen LogP contribution in [-0.2, 0) is 10.0 Å². The Morgan fingerprint density at radius 1 is 1.35 bits per heavy atom. The van der Waals surface area contributed by atoms with Crippen LogP contribution >= 0.6 is 0 Å². The predicted molar refractivity (Wildman–Crippen MR) is 77.2 cm³/mol. The van der Waals surface area contributed by atoms with Crippen molar-refractivity contribution in [3.05, 3.63) is 24.0 Å². The van der Waals surface area contributed by atoms with Gasteiger partial charge >= 0.3 is 0 Å². The van der Waals surface area contributed by atoms with E-state index in [1.165, 1.54) is 16.4 Å². The van der Waals surface area contributed by atoms with E-state index in [-0.39, 0.29) is 10.6 Å². The van der Waals surface area contributed by atoms with E-state index in [4.69, 9.17) is 5.73 Å². The summed E-state index contributed by atoms with van der Waals surface area (Å²) < 4.78 is 40.3. The van der Waals surface area contributed by atoms with Gasteiger partial charge in [0.25, 0.3) is 0 Å². The van der Waals surface area contributed by atoms with Crippen LogP contribution in [-0.4, -0.2) is 25.8 Å². The SMILES string of the molecule is CCC1CCCN(S(=O)(=O)c2ccc(N)cc2F)CC1. The Morgan fingerprint density at radius 3 is 2.75 bits per heavy atom. The summed E-state index contributed by atoms with van der Waals surface area (Å²) >= 11 is 0. The lowest BCUT2D eigenvalue weighted by atomic mass is 9.98. The summed E-state index contributed by atoms with van der Waals surface area (Å²) in [4.78, 5) is -0.276. The molecule has 112 valence electrons. The van der Waals surface area contributed by atoms with Crippen molar-refractivity contribution in [2.45, 2.75) is 37.5 Å². The third kappa shape index (κ3) is 3.12. The summed E-state index contributed by atoms with van der Waals surface area (Å²) in [5.41, 5.74) is 5.69. The van der Waals surface area contributed by atoms with Gasteiger partial charge in [0.05, 0.1) is 0 Å². The fraction of sp³-hybridized carbons (Fsp3) is 0.571. The van der Waals surface area contributed by atoms with Crippen LogP contribution in [0.3, 0.4) is 0 Å². The molecule has 1 aromatic rings. The van der Waals surface area contributed by atoms with Crippen molar-refractivity contribution in [3.63, 3.8) is 0 Å². The smallest absolute Gasteiger partial charge is 0.245 e. The van der Waals surface area contributed by atoms with Crippen molar-refractivity contribution in [3.8, 4) is 0 Å². The molecule has 20 heavy (non-hydrogen) atoms. The lowest BCUT2D eigenvalue weighted by molar-refractivity contribution is 0.405. The molecule has 1 aliphatic heterocycles. The number of nitrogens with zero attached hydrogens (tertiary/aromatic N) is 1. The zero-order valence-corrected chi connectivity index (χ0v) is 12.5. The number of nitrogen functional groups attached to an aromatic ring is 1. The molecule has 2 N–H and O–H groups in total. The first-order chi connectivity index (χ1) is 9.45. The largest absolute Gasteiger partial charge is 0.399 e. The number of anilines is 1. The molecule has 0 aromatic heterocycles. The number of benzene rings is 1. The van der Waals surface area contributed by atoms with Gasteiger partial charge in [0.1, 0.15) is 10.7 Å². The van der Waals surface area contributed by atoms with E-state index in [1.807, 2.05) is 0 Å². The van der Waals surface area contributed by atoms with Gasteiger partial charge in [0.15, 0.2) is 0 Å². The molecule has 0 amide bonds. The van der Waals surface area contributed by atoms with Crippen LogP contribution < -0.4 is 5.73 Å². The number of hydrogen-bond donors (Lipinski definition) is 1. The molecule has 2 rings (SSSR count). The molecule has 0 spiro atoms. The third-order valence-electron chi connectivity index (χ3n) is 3.96. The van der Waals surface area contributed by atoms with E-state index in [0.29, 0.717) is 19.0 Å². The standard InChI is InChI=1S/C14H21FN2O2S/c1-2-11-4-3-8-17(9-7-11)20(18,19)14-6-5-12(16)10-13(14)15/h5-6,10-11H,2-4,7-9,16H2,1H3. The van der Waals surface area contributed by atoms with Crippen LogP contribution in [0, 0.1) is 11.7 Å². The maximum atomic E-state index is 13.9.